The van der Waals surface area contributed by atoms with Gasteiger partial charge in [0.15, 0.2) is 6.61 Å². The number of carbonyl (C=O) groups is 2. The van der Waals surface area contributed by atoms with Gasteiger partial charge in [0.05, 0.1) is 12.8 Å². The van der Waals surface area contributed by atoms with E-state index in [1.54, 1.807) is 54.5 Å². The maximum atomic E-state index is 12.6. The lowest BCUT2D eigenvalue weighted by Gasteiger charge is -2.30. The molecule has 0 spiro atoms. The van der Waals surface area contributed by atoms with Crippen LogP contribution in [0.4, 0.5) is 11.4 Å². The van der Waals surface area contributed by atoms with Crippen molar-refractivity contribution in [3.8, 4) is 11.5 Å². The fourth-order valence-electron chi connectivity index (χ4n) is 3.56. The molecule has 0 saturated carbocycles. The van der Waals surface area contributed by atoms with Crippen LogP contribution in [0.3, 0.4) is 0 Å². The van der Waals surface area contributed by atoms with Gasteiger partial charge in [0.1, 0.15) is 11.5 Å². The summed E-state index contributed by atoms with van der Waals surface area (Å²) in [6, 6.07) is 22.4. The van der Waals surface area contributed by atoms with Crippen LogP contribution in [0.1, 0.15) is 22.3 Å². The average molecular weight is 416 g/mol. The Hall–Kier alpha value is -3.80. The summed E-state index contributed by atoms with van der Waals surface area (Å²) >= 11 is 0. The summed E-state index contributed by atoms with van der Waals surface area (Å²) in [6.07, 6.45) is 1.71. The molecule has 1 aliphatic heterocycles. The molecule has 2 amide bonds. The lowest BCUT2D eigenvalue weighted by Crippen LogP contribution is -2.39. The maximum absolute atomic E-state index is 12.6. The molecular weight excluding hydrogens is 392 g/mol. The molecule has 6 heteroatoms. The van der Waals surface area contributed by atoms with Gasteiger partial charge in [-0.1, -0.05) is 30.3 Å². The lowest BCUT2D eigenvalue weighted by atomic mass is 10.1. The zero-order valence-corrected chi connectivity index (χ0v) is 17.3. The first kappa shape index (κ1) is 20.5. The van der Waals surface area contributed by atoms with Crippen molar-refractivity contribution in [3.05, 3.63) is 83.9 Å². The van der Waals surface area contributed by atoms with Crippen molar-refractivity contribution in [1.29, 1.82) is 0 Å². The van der Waals surface area contributed by atoms with Crippen LogP contribution in [0.2, 0.25) is 0 Å². The predicted octanol–water partition coefficient (Wildman–Crippen LogP) is 4.31. The molecular formula is C25H24N2O4. The topological polar surface area (TPSA) is 67.9 Å². The number of hydrogen-bond donors (Lipinski definition) is 1. The minimum atomic E-state index is -0.235. The van der Waals surface area contributed by atoms with Gasteiger partial charge in [0, 0.05) is 17.8 Å². The SMILES string of the molecule is COc1ccc(C(=O)Nc2ccc3c(c2)N(CCCc2ccccc2)C(=O)CO3)cc1. The molecule has 0 bridgehead atoms. The highest BCUT2D eigenvalue weighted by molar-refractivity contribution is 6.05. The number of nitrogens with one attached hydrogen (secondary N) is 1. The molecule has 1 heterocycles. The summed E-state index contributed by atoms with van der Waals surface area (Å²) in [5, 5.41) is 2.89. The molecule has 0 fully saturated rings. The van der Waals surface area contributed by atoms with Crippen molar-refractivity contribution in [1.82, 2.24) is 0 Å². The smallest absolute Gasteiger partial charge is 0.265 e. The number of aryl methyl sites for hydroxylation is 1. The Balaban J connectivity index is 1.47. The fraction of sp³-hybridized carbons (Fsp3) is 0.200. The van der Waals surface area contributed by atoms with E-state index in [0.717, 1.165) is 12.8 Å². The van der Waals surface area contributed by atoms with Gasteiger partial charge in [-0.2, -0.15) is 0 Å². The Labute approximate surface area is 181 Å². The van der Waals surface area contributed by atoms with Crippen LogP contribution < -0.4 is 19.7 Å². The number of rotatable bonds is 7. The number of anilines is 2. The van der Waals surface area contributed by atoms with E-state index in [2.05, 4.69) is 17.4 Å². The van der Waals surface area contributed by atoms with Gasteiger partial charge in [-0.25, -0.2) is 0 Å². The van der Waals surface area contributed by atoms with E-state index in [-0.39, 0.29) is 18.4 Å². The molecule has 3 aromatic rings. The Morgan fingerprint density at radius 3 is 2.58 bits per heavy atom. The van der Waals surface area contributed by atoms with Crippen LogP contribution in [-0.4, -0.2) is 32.1 Å². The second kappa shape index (κ2) is 9.34. The normalized spacial score (nSPS) is 12.7. The van der Waals surface area contributed by atoms with Crippen LogP contribution >= 0.6 is 0 Å². The molecule has 0 radical (unpaired) electrons. The van der Waals surface area contributed by atoms with Gasteiger partial charge < -0.3 is 19.7 Å². The van der Waals surface area contributed by atoms with Crippen LogP contribution in [0.15, 0.2) is 72.8 Å². The number of benzene rings is 3. The van der Waals surface area contributed by atoms with Crippen molar-refractivity contribution in [2.75, 3.05) is 30.5 Å². The van der Waals surface area contributed by atoms with Gasteiger partial charge in [-0.15, -0.1) is 0 Å². The number of methoxy groups -OCH3 is 1. The van der Waals surface area contributed by atoms with Crippen LogP contribution in [-0.2, 0) is 11.2 Å². The number of ether oxygens (including phenoxy) is 2. The van der Waals surface area contributed by atoms with E-state index >= 15 is 0 Å². The minimum absolute atomic E-state index is 0.0237. The Morgan fingerprint density at radius 2 is 1.84 bits per heavy atom. The second-order valence-corrected chi connectivity index (χ2v) is 7.29. The highest BCUT2D eigenvalue weighted by Crippen LogP contribution is 2.35. The number of carbonyl (C=O) groups excluding carboxylic acids is 2. The largest absolute Gasteiger partial charge is 0.497 e. The van der Waals surface area contributed by atoms with Crippen molar-refractivity contribution >= 4 is 23.2 Å². The van der Waals surface area contributed by atoms with Crippen LogP contribution in [0, 0.1) is 0 Å². The first-order valence-corrected chi connectivity index (χ1v) is 10.2. The molecule has 3 aromatic carbocycles. The van der Waals surface area contributed by atoms with E-state index in [4.69, 9.17) is 9.47 Å². The first-order chi connectivity index (χ1) is 15.1. The van der Waals surface area contributed by atoms with Crippen LogP contribution in [0.25, 0.3) is 0 Å². The molecule has 0 aromatic heterocycles. The molecule has 0 saturated heterocycles. The van der Waals surface area contributed by atoms with E-state index < -0.39 is 0 Å². The molecule has 0 atom stereocenters. The average Bonchev–Trinajstić information content (AvgIpc) is 2.81. The lowest BCUT2D eigenvalue weighted by molar-refractivity contribution is -0.121. The summed E-state index contributed by atoms with van der Waals surface area (Å²) in [4.78, 5) is 26.9. The van der Waals surface area contributed by atoms with Crippen molar-refractivity contribution in [3.63, 3.8) is 0 Å². The zero-order valence-electron chi connectivity index (χ0n) is 17.3. The molecule has 1 N–H and O–H groups in total. The number of amides is 2. The minimum Gasteiger partial charge on any atom is -0.497 e. The Kier molecular flexibility index (Phi) is 6.17. The standard InChI is InChI=1S/C25H24N2O4/c1-30-21-12-9-19(10-13-21)25(29)26-20-11-14-23-22(16-20)27(24(28)17-31-23)15-5-8-18-6-3-2-4-7-18/h2-4,6-7,9-14,16H,5,8,15,17H2,1H3,(H,26,29). The van der Waals surface area contributed by atoms with Crippen molar-refractivity contribution < 1.29 is 19.1 Å². The summed E-state index contributed by atoms with van der Waals surface area (Å²) in [7, 11) is 1.58. The Morgan fingerprint density at radius 1 is 1.06 bits per heavy atom. The Bertz CT molecular complexity index is 1060. The van der Waals surface area contributed by atoms with Gasteiger partial charge in [0.25, 0.3) is 11.8 Å². The van der Waals surface area contributed by atoms with E-state index in [1.807, 2.05) is 18.2 Å². The second-order valence-electron chi connectivity index (χ2n) is 7.29. The summed E-state index contributed by atoms with van der Waals surface area (Å²) in [6.45, 7) is 0.607. The van der Waals surface area contributed by atoms with Crippen molar-refractivity contribution in [2.24, 2.45) is 0 Å². The first-order valence-electron chi connectivity index (χ1n) is 10.2. The number of fused-ring (bicyclic) bond motifs is 1. The van der Waals surface area contributed by atoms with Gasteiger partial charge >= 0.3 is 0 Å². The molecule has 31 heavy (non-hydrogen) atoms. The summed E-state index contributed by atoms with van der Waals surface area (Å²) < 4.78 is 10.7. The van der Waals surface area contributed by atoms with Gasteiger partial charge in [0.2, 0.25) is 0 Å². The molecule has 6 nitrogen and oxygen atoms in total. The van der Waals surface area contributed by atoms with E-state index in [1.165, 1.54) is 5.56 Å². The molecule has 1 aliphatic rings. The molecule has 158 valence electrons. The highest BCUT2D eigenvalue weighted by Gasteiger charge is 2.25. The fourth-order valence-corrected chi connectivity index (χ4v) is 3.56. The monoisotopic (exact) mass is 416 g/mol. The molecule has 4 rings (SSSR count). The third-order valence-electron chi connectivity index (χ3n) is 5.20. The third kappa shape index (κ3) is 4.86. The zero-order chi connectivity index (χ0) is 21.6. The molecule has 0 unspecified atom stereocenters. The van der Waals surface area contributed by atoms with E-state index in [9.17, 15) is 9.59 Å². The summed E-state index contributed by atoms with van der Waals surface area (Å²) in [5.41, 5.74) is 3.04. The van der Waals surface area contributed by atoms with Gasteiger partial charge in [-0.05, 0) is 60.9 Å². The number of hydrogen-bond acceptors (Lipinski definition) is 4. The van der Waals surface area contributed by atoms with Crippen molar-refractivity contribution in [2.45, 2.75) is 12.8 Å². The number of nitrogens with zero attached hydrogens (tertiary/aromatic N) is 1. The maximum Gasteiger partial charge on any atom is 0.265 e. The highest BCUT2D eigenvalue weighted by atomic mass is 16.5. The molecule has 0 aliphatic carbocycles. The predicted molar refractivity (Wildman–Crippen MR) is 120 cm³/mol. The summed E-state index contributed by atoms with van der Waals surface area (Å²) in [5.74, 6) is 1.01. The third-order valence-corrected chi connectivity index (χ3v) is 5.20. The van der Waals surface area contributed by atoms with Gasteiger partial charge in [-0.3, -0.25) is 9.59 Å². The van der Waals surface area contributed by atoms with E-state index in [0.29, 0.717) is 35.0 Å². The quantitative estimate of drug-likeness (QED) is 0.623. The van der Waals surface area contributed by atoms with Crippen LogP contribution in [0.5, 0.6) is 11.5 Å².